The topological polar surface area (TPSA) is 65.3 Å². The van der Waals surface area contributed by atoms with E-state index in [4.69, 9.17) is 16.3 Å². The first-order chi connectivity index (χ1) is 9.61. The molecule has 3 aromatic rings. The zero-order chi connectivity index (χ0) is 14.3. The van der Waals surface area contributed by atoms with Gasteiger partial charge in [0.05, 0.1) is 22.6 Å². The fourth-order valence-corrected chi connectivity index (χ4v) is 2.47. The molecule has 20 heavy (non-hydrogen) atoms. The molecule has 3 rings (SSSR count). The lowest BCUT2D eigenvalue weighted by molar-refractivity contribution is -0.384. The Balaban J connectivity index is 2.44. The quantitative estimate of drug-likeness (QED) is 0.407. The van der Waals surface area contributed by atoms with Gasteiger partial charge in [0.1, 0.15) is 11.3 Å². The van der Waals surface area contributed by atoms with Crippen LogP contribution in [0.4, 0.5) is 5.69 Å². The summed E-state index contributed by atoms with van der Waals surface area (Å²) in [6.45, 7) is 0. The molecule has 1 heterocycles. The number of non-ortho nitro benzene ring substituents is 1. The van der Waals surface area contributed by atoms with Gasteiger partial charge in [0.15, 0.2) is 0 Å². The number of methoxy groups -OCH3 is 1. The first kappa shape index (κ1) is 12.6. The zero-order valence-electron chi connectivity index (χ0n) is 10.5. The summed E-state index contributed by atoms with van der Waals surface area (Å²) in [6.07, 6.45) is 0. The van der Waals surface area contributed by atoms with E-state index in [1.54, 1.807) is 19.2 Å². The van der Waals surface area contributed by atoms with E-state index in [1.165, 1.54) is 12.1 Å². The van der Waals surface area contributed by atoms with Gasteiger partial charge in [0.25, 0.3) is 5.69 Å². The van der Waals surface area contributed by atoms with Crippen molar-refractivity contribution in [3.05, 3.63) is 51.5 Å². The number of benzene rings is 2. The third kappa shape index (κ3) is 1.83. The van der Waals surface area contributed by atoms with Gasteiger partial charge < -0.3 is 4.74 Å². The van der Waals surface area contributed by atoms with E-state index in [2.05, 4.69) is 4.98 Å². The van der Waals surface area contributed by atoms with Crippen LogP contribution in [0.5, 0.6) is 5.75 Å². The van der Waals surface area contributed by atoms with Gasteiger partial charge in [-0.1, -0.05) is 23.7 Å². The van der Waals surface area contributed by atoms with Gasteiger partial charge >= 0.3 is 0 Å². The molecule has 0 spiro atoms. The van der Waals surface area contributed by atoms with Crippen LogP contribution in [0, 0.1) is 10.1 Å². The Morgan fingerprint density at radius 3 is 2.75 bits per heavy atom. The number of nitro groups is 1. The molecule has 0 saturated carbocycles. The summed E-state index contributed by atoms with van der Waals surface area (Å²) in [5.41, 5.74) is 1.05. The second-order valence-electron chi connectivity index (χ2n) is 4.24. The predicted molar refractivity (Wildman–Crippen MR) is 77.5 cm³/mol. The van der Waals surface area contributed by atoms with Gasteiger partial charge in [0, 0.05) is 22.9 Å². The Morgan fingerprint density at radius 2 is 2.05 bits per heavy atom. The van der Waals surface area contributed by atoms with Crippen LogP contribution in [-0.2, 0) is 0 Å². The van der Waals surface area contributed by atoms with Crippen LogP contribution in [0.15, 0.2) is 36.4 Å². The molecule has 2 aromatic carbocycles. The number of ether oxygens (including phenoxy) is 1. The number of halogens is 1. The van der Waals surface area contributed by atoms with Gasteiger partial charge in [-0.15, -0.1) is 0 Å². The Hall–Kier alpha value is -2.40. The van der Waals surface area contributed by atoms with E-state index in [9.17, 15) is 10.1 Å². The predicted octanol–water partition coefficient (Wildman–Crippen LogP) is 3.96. The van der Waals surface area contributed by atoms with Crippen LogP contribution in [-0.4, -0.2) is 17.0 Å². The van der Waals surface area contributed by atoms with Crippen molar-refractivity contribution < 1.29 is 9.66 Å². The highest BCUT2D eigenvalue weighted by atomic mass is 35.5. The lowest BCUT2D eigenvalue weighted by Crippen LogP contribution is -1.92. The van der Waals surface area contributed by atoms with Gasteiger partial charge in [-0.3, -0.25) is 10.1 Å². The number of nitrogens with zero attached hydrogens (tertiary/aromatic N) is 2. The Labute approximate surface area is 118 Å². The van der Waals surface area contributed by atoms with Crippen molar-refractivity contribution >= 4 is 39.1 Å². The molecule has 5 nitrogen and oxygen atoms in total. The summed E-state index contributed by atoms with van der Waals surface area (Å²) < 4.78 is 5.25. The Bertz CT molecular complexity index is 849. The third-order valence-electron chi connectivity index (χ3n) is 3.12. The van der Waals surface area contributed by atoms with Crippen molar-refractivity contribution in [2.45, 2.75) is 0 Å². The number of para-hydroxylation sites is 1. The van der Waals surface area contributed by atoms with Crippen LogP contribution < -0.4 is 4.74 Å². The summed E-state index contributed by atoms with van der Waals surface area (Å²) >= 11 is 6.37. The van der Waals surface area contributed by atoms with E-state index in [-0.39, 0.29) is 5.69 Å². The Morgan fingerprint density at radius 1 is 1.25 bits per heavy atom. The van der Waals surface area contributed by atoms with Crippen molar-refractivity contribution in [1.29, 1.82) is 0 Å². The maximum Gasteiger partial charge on any atom is 0.271 e. The second kappa shape index (κ2) is 4.61. The van der Waals surface area contributed by atoms with Crippen molar-refractivity contribution in [3.63, 3.8) is 0 Å². The van der Waals surface area contributed by atoms with E-state index in [0.29, 0.717) is 27.2 Å². The minimum atomic E-state index is -0.457. The zero-order valence-corrected chi connectivity index (χ0v) is 11.2. The van der Waals surface area contributed by atoms with Crippen molar-refractivity contribution in [2.75, 3.05) is 7.11 Å². The van der Waals surface area contributed by atoms with Crippen LogP contribution >= 0.6 is 11.6 Å². The summed E-state index contributed by atoms with van der Waals surface area (Å²) in [6, 6.07) is 9.88. The lowest BCUT2D eigenvalue weighted by Gasteiger charge is -2.08. The molecule has 0 amide bonds. The molecule has 0 aliphatic carbocycles. The summed E-state index contributed by atoms with van der Waals surface area (Å²) in [5, 5.41) is 12.8. The van der Waals surface area contributed by atoms with E-state index < -0.39 is 4.92 Å². The monoisotopic (exact) mass is 288 g/mol. The van der Waals surface area contributed by atoms with Crippen molar-refractivity contribution in [1.82, 2.24) is 4.98 Å². The number of nitro benzene ring substituents is 1. The first-order valence-electron chi connectivity index (χ1n) is 5.82. The molecule has 0 unspecified atom stereocenters. The Kier molecular flexibility index (Phi) is 2.91. The number of hydrogen-bond acceptors (Lipinski definition) is 4. The van der Waals surface area contributed by atoms with Crippen LogP contribution in [0.1, 0.15) is 0 Å². The molecular weight excluding hydrogens is 280 g/mol. The molecule has 0 N–H and O–H groups in total. The standard InChI is InChI=1S/C14H9ClN2O3/c1-20-12-4-2-3-10-13(15)9-6-5-8(17(18)19)7-11(9)16-14(10)12/h2-7H,1H3. The molecule has 1 aromatic heterocycles. The highest BCUT2D eigenvalue weighted by Gasteiger charge is 2.13. The molecular formula is C14H9ClN2O3. The second-order valence-corrected chi connectivity index (χ2v) is 4.62. The number of hydrogen-bond donors (Lipinski definition) is 0. The van der Waals surface area contributed by atoms with E-state index >= 15 is 0 Å². The molecule has 100 valence electrons. The fourth-order valence-electron chi connectivity index (χ4n) is 2.16. The summed E-state index contributed by atoms with van der Waals surface area (Å²) in [5.74, 6) is 0.581. The highest BCUT2D eigenvalue weighted by molar-refractivity contribution is 6.40. The van der Waals surface area contributed by atoms with Gasteiger partial charge in [-0.05, 0) is 12.1 Å². The minimum absolute atomic E-state index is 0.0182. The minimum Gasteiger partial charge on any atom is -0.494 e. The largest absolute Gasteiger partial charge is 0.494 e. The maximum absolute atomic E-state index is 10.8. The molecule has 0 bridgehead atoms. The molecule has 0 radical (unpaired) electrons. The van der Waals surface area contributed by atoms with Gasteiger partial charge in [-0.2, -0.15) is 0 Å². The third-order valence-corrected chi connectivity index (χ3v) is 3.52. The van der Waals surface area contributed by atoms with Gasteiger partial charge in [-0.25, -0.2) is 4.98 Å². The van der Waals surface area contributed by atoms with Gasteiger partial charge in [0.2, 0.25) is 0 Å². The molecule has 0 fully saturated rings. The lowest BCUT2D eigenvalue weighted by atomic mass is 10.1. The van der Waals surface area contributed by atoms with Crippen molar-refractivity contribution in [3.8, 4) is 5.75 Å². The molecule has 0 atom stereocenters. The van der Waals surface area contributed by atoms with Crippen LogP contribution in [0.2, 0.25) is 5.02 Å². The molecule has 0 aliphatic heterocycles. The molecule has 0 aliphatic rings. The molecule has 0 saturated heterocycles. The summed E-state index contributed by atoms with van der Waals surface area (Å²) in [7, 11) is 1.54. The molecule has 6 heteroatoms. The number of pyridine rings is 1. The average molecular weight is 289 g/mol. The van der Waals surface area contributed by atoms with Crippen LogP contribution in [0.25, 0.3) is 21.8 Å². The number of aromatic nitrogens is 1. The fraction of sp³-hybridized carbons (Fsp3) is 0.0714. The van der Waals surface area contributed by atoms with Crippen LogP contribution in [0.3, 0.4) is 0 Å². The summed E-state index contributed by atoms with van der Waals surface area (Å²) in [4.78, 5) is 14.8. The number of fused-ring (bicyclic) bond motifs is 2. The smallest absolute Gasteiger partial charge is 0.271 e. The SMILES string of the molecule is COc1cccc2c(Cl)c3ccc([N+](=O)[O-])cc3nc12. The normalized spacial score (nSPS) is 10.9. The average Bonchev–Trinajstić information content (AvgIpc) is 2.46. The number of rotatable bonds is 2. The van der Waals surface area contributed by atoms with Crippen molar-refractivity contribution in [2.24, 2.45) is 0 Å². The van der Waals surface area contributed by atoms with E-state index in [1.807, 2.05) is 12.1 Å². The maximum atomic E-state index is 10.8. The highest BCUT2D eigenvalue weighted by Crippen LogP contribution is 2.35. The van der Waals surface area contributed by atoms with E-state index in [0.717, 1.165) is 5.39 Å². The first-order valence-corrected chi connectivity index (χ1v) is 6.20.